The highest BCUT2D eigenvalue weighted by Gasteiger charge is 2.24. The number of aliphatic carboxylic acids is 1. The fraction of sp³-hybridized carbons (Fsp3) is 0.154. The first kappa shape index (κ1) is 23.1. The van der Waals surface area contributed by atoms with Gasteiger partial charge >= 0.3 is 5.97 Å². The van der Waals surface area contributed by atoms with E-state index in [1.54, 1.807) is 56.7 Å². The molecule has 8 heteroatoms. The summed E-state index contributed by atoms with van der Waals surface area (Å²) >= 11 is 1.05. The molecule has 1 heterocycles. The number of hydrogen-bond donors (Lipinski definition) is 1. The number of Topliss-reactive ketones (excluding diaryl/α,β-unsaturated/α-hetero) is 1. The molecule has 0 aliphatic carbocycles. The molecule has 0 atom stereocenters. The summed E-state index contributed by atoms with van der Waals surface area (Å²) < 4.78 is 18.9. The van der Waals surface area contributed by atoms with Crippen LogP contribution in [0.2, 0.25) is 0 Å². The zero-order chi connectivity index (χ0) is 24.2. The van der Waals surface area contributed by atoms with E-state index in [1.807, 2.05) is 25.1 Å². The van der Waals surface area contributed by atoms with Gasteiger partial charge in [0.2, 0.25) is 0 Å². The van der Waals surface area contributed by atoms with Gasteiger partial charge in [-0.15, -0.1) is 0 Å². The Balaban J connectivity index is 1.89. The zero-order valence-electron chi connectivity index (χ0n) is 18.9. The molecule has 7 nitrogen and oxygen atoms in total. The van der Waals surface area contributed by atoms with Crippen LogP contribution in [0.25, 0.3) is 16.6 Å². The molecule has 0 aliphatic heterocycles. The average molecular weight is 475 g/mol. The lowest BCUT2D eigenvalue weighted by atomic mass is 9.89. The Hall–Kier alpha value is -4.04. The number of fused-ring (bicyclic) bond motifs is 1. The fourth-order valence-corrected chi connectivity index (χ4v) is 4.34. The smallest absolute Gasteiger partial charge is 0.336 e. The standard InChI is InChI=1S/C26H22N2O5S/c1-15-12-16(4-11-23(15)33-3)13-20(25(29)17-5-8-19(32-2)9-6-17)24(26(30)31)18-7-10-21-22(14-18)28-34-27-21/h4-12,14H,13H2,1-3H3,(H,30,31)/b24-20+. The van der Waals surface area contributed by atoms with Gasteiger partial charge in [0.15, 0.2) is 5.78 Å². The largest absolute Gasteiger partial charge is 0.497 e. The predicted molar refractivity (Wildman–Crippen MR) is 131 cm³/mol. The van der Waals surface area contributed by atoms with Crippen LogP contribution < -0.4 is 9.47 Å². The van der Waals surface area contributed by atoms with E-state index in [2.05, 4.69) is 8.75 Å². The predicted octanol–water partition coefficient (Wildman–Crippen LogP) is 4.98. The highest BCUT2D eigenvalue weighted by molar-refractivity contribution is 7.00. The molecular formula is C26H22N2O5S. The van der Waals surface area contributed by atoms with Crippen LogP contribution in [-0.4, -0.2) is 39.8 Å². The molecule has 0 amide bonds. The van der Waals surface area contributed by atoms with Crippen molar-refractivity contribution in [1.82, 2.24) is 8.75 Å². The maximum atomic E-state index is 13.7. The van der Waals surface area contributed by atoms with Crippen LogP contribution in [0.1, 0.15) is 27.0 Å². The SMILES string of the molecule is COc1ccc(C(=O)/C(Cc2ccc(OC)c(C)c2)=C(/C(=O)O)c2ccc3nsnc3c2)cc1. The number of methoxy groups -OCH3 is 2. The Morgan fingerprint density at radius 1 is 0.882 bits per heavy atom. The minimum absolute atomic E-state index is 0.0656. The number of rotatable bonds is 8. The van der Waals surface area contributed by atoms with Crippen molar-refractivity contribution in [3.05, 3.63) is 88.5 Å². The van der Waals surface area contributed by atoms with Gasteiger partial charge in [-0.1, -0.05) is 18.2 Å². The van der Waals surface area contributed by atoms with Gasteiger partial charge in [-0.05, 0) is 66.1 Å². The number of aryl methyl sites for hydroxylation is 1. The monoisotopic (exact) mass is 474 g/mol. The normalized spacial score (nSPS) is 11.7. The summed E-state index contributed by atoms with van der Waals surface area (Å²) in [5.74, 6) is -0.238. The number of carbonyl (C=O) groups is 2. The summed E-state index contributed by atoms with van der Waals surface area (Å²) in [6.07, 6.45) is 0.130. The summed E-state index contributed by atoms with van der Waals surface area (Å²) in [5, 5.41) is 10.2. The highest BCUT2D eigenvalue weighted by Crippen LogP contribution is 2.29. The molecule has 0 unspecified atom stereocenters. The van der Waals surface area contributed by atoms with Gasteiger partial charge in [0, 0.05) is 17.6 Å². The Morgan fingerprint density at radius 2 is 1.59 bits per heavy atom. The van der Waals surface area contributed by atoms with E-state index in [9.17, 15) is 14.7 Å². The second-order valence-electron chi connectivity index (χ2n) is 7.66. The van der Waals surface area contributed by atoms with Crippen molar-refractivity contribution in [1.29, 1.82) is 0 Å². The number of allylic oxidation sites excluding steroid dienone is 1. The van der Waals surface area contributed by atoms with E-state index in [4.69, 9.17) is 9.47 Å². The molecule has 0 spiro atoms. The number of benzene rings is 3. The lowest BCUT2D eigenvalue weighted by Crippen LogP contribution is -2.14. The summed E-state index contributed by atoms with van der Waals surface area (Å²) in [6, 6.07) is 17.2. The van der Waals surface area contributed by atoms with Crippen molar-refractivity contribution >= 4 is 40.1 Å². The molecular weight excluding hydrogens is 452 g/mol. The van der Waals surface area contributed by atoms with Crippen LogP contribution in [-0.2, 0) is 11.2 Å². The summed E-state index contributed by atoms with van der Waals surface area (Å²) in [7, 11) is 3.13. The minimum atomic E-state index is -1.19. The topological polar surface area (TPSA) is 98.6 Å². The van der Waals surface area contributed by atoms with Crippen molar-refractivity contribution in [2.45, 2.75) is 13.3 Å². The number of ketones is 1. The van der Waals surface area contributed by atoms with Gasteiger partial charge in [0.05, 0.1) is 31.5 Å². The first-order valence-electron chi connectivity index (χ1n) is 10.4. The van der Waals surface area contributed by atoms with Crippen molar-refractivity contribution in [3.63, 3.8) is 0 Å². The number of aromatic nitrogens is 2. The number of carboxylic acid groups (broad SMARTS) is 1. The van der Waals surface area contributed by atoms with Crippen LogP contribution in [0.15, 0.2) is 66.2 Å². The van der Waals surface area contributed by atoms with E-state index < -0.39 is 5.97 Å². The molecule has 4 aromatic rings. The fourth-order valence-electron chi connectivity index (χ4n) is 3.82. The third-order valence-electron chi connectivity index (χ3n) is 5.52. The van der Waals surface area contributed by atoms with Crippen molar-refractivity contribution < 1.29 is 24.2 Å². The van der Waals surface area contributed by atoms with E-state index in [0.29, 0.717) is 27.9 Å². The first-order chi connectivity index (χ1) is 16.4. The van der Waals surface area contributed by atoms with Crippen molar-refractivity contribution in [3.8, 4) is 11.5 Å². The van der Waals surface area contributed by atoms with E-state index in [1.165, 1.54) is 0 Å². The molecule has 0 saturated heterocycles. The third-order valence-corrected chi connectivity index (χ3v) is 6.08. The van der Waals surface area contributed by atoms with Crippen LogP contribution >= 0.6 is 11.7 Å². The Morgan fingerprint density at radius 3 is 2.24 bits per heavy atom. The number of nitrogens with zero attached hydrogens (tertiary/aromatic N) is 2. The molecule has 0 aliphatic rings. The Bertz CT molecular complexity index is 1410. The van der Waals surface area contributed by atoms with Crippen LogP contribution in [0.5, 0.6) is 11.5 Å². The van der Waals surface area contributed by atoms with Gasteiger partial charge in [0.1, 0.15) is 22.5 Å². The maximum absolute atomic E-state index is 13.7. The number of ether oxygens (including phenoxy) is 2. The zero-order valence-corrected chi connectivity index (χ0v) is 19.7. The lowest BCUT2D eigenvalue weighted by Gasteiger charge is -2.14. The van der Waals surface area contributed by atoms with Crippen LogP contribution in [0.4, 0.5) is 0 Å². The number of carbonyl (C=O) groups excluding carboxylic acids is 1. The van der Waals surface area contributed by atoms with Gasteiger partial charge in [0.25, 0.3) is 0 Å². The molecule has 1 aromatic heterocycles. The molecule has 0 bridgehead atoms. The molecule has 1 N–H and O–H groups in total. The maximum Gasteiger partial charge on any atom is 0.336 e. The first-order valence-corrected chi connectivity index (χ1v) is 11.2. The number of carboxylic acids is 1. The molecule has 172 valence electrons. The van der Waals surface area contributed by atoms with Gasteiger partial charge < -0.3 is 14.6 Å². The van der Waals surface area contributed by atoms with E-state index in [0.717, 1.165) is 28.6 Å². The average Bonchev–Trinajstić information content (AvgIpc) is 3.31. The van der Waals surface area contributed by atoms with Crippen LogP contribution in [0, 0.1) is 6.92 Å². The second-order valence-corrected chi connectivity index (χ2v) is 8.19. The molecule has 34 heavy (non-hydrogen) atoms. The number of hydrogen-bond acceptors (Lipinski definition) is 7. The highest BCUT2D eigenvalue weighted by atomic mass is 32.1. The molecule has 0 radical (unpaired) electrons. The molecule has 0 fully saturated rings. The van der Waals surface area contributed by atoms with Crippen LogP contribution in [0.3, 0.4) is 0 Å². The summed E-state index contributed by atoms with van der Waals surface area (Å²) in [4.78, 5) is 26.2. The lowest BCUT2D eigenvalue weighted by molar-refractivity contribution is -0.130. The molecule has 4 rings (SSSR count). The minimum Gasteiger partial charge on any atom is -0.497 e. The quantitative estimate of drug-likeness (QED) is 0.284. The molecule has 0 saturated carbocycles. The van der Waals surface area contributed by atoms with E-state index >= 15 is 0 Å². The van der Waals surface area contributed by atoms with Gasteiger partial charge in [-0.25, -0.2) is 4.79 Å². The third kappa shape index (κ3) is 4.67. The van der Waals surface area contributed by atoms with Gasteiger partial charge in [-0.2, -0.15) is 8.75 Å². The Labute approximate surface area is 200 Å². The molecule has 3 aromatic carbocycles. The summed E-state index contributed by atoms with van der Waals surface area (Å²) in [5.41, 5.74) is 3.82. The Kier molecular flexibility index (Phi) is 6.70. The van der Waals surface area contributed by atoms with Crippen molar-refractivity contribution in [2.75, 3.05) is 14.2 Å². The van der Waals surface area contributed by atoms with Gasteiger partial charge in [-0.3, -0.25) is 4.79 Å². The van der Waals surface area contributed by atoms with E-state index in [-0.39, 0.29) is 23.4 Å². The second kappa shape index (κ2) is 9.84. The van der Waals surface area contributed by atoms with Crippen molar-refractivity contribution in [2.24, 2.45) is 0 Å². The summed E-state index contributed by atoms with van der Waals surface area (Å²) in [6.45, 7) is 1.90.